The van der Waals surface area contributed by atoms with Gasteiger partial charge in [0, 0.05) is 25.1 Å². The average Bonchev–Trinajstić information content (AvgIpc) is 3.00. The van der Waals surface area contributed by atoms with Gasteiger partial charge in [0.25, 0.3) is 0 Å². The van der Waals surface area contributed by atoms with Crippen molar-refractivity contribution in [1.29, 1.82) is 0 Å². The molecule has 4 heteroatoms. The summed E-state index contributed by atoms with van der Waals surface area (Å²) < 4.78 is 5.20. The van der Waals surface area contributed by atoms with Gasteiger partial charge in [-0.25, -0.2) is 0 Å². The van der Waals surface area contributed by atoms with E-state index in [0.717, 1.165) is 17.5 Å². The van der Waals surface area contributed by atoms with Crippen LogP contribution in [0.25, 0.3) is 0 Å². The molecule has 0 bridgehead atoms. The molecule has 0 aliphatic carbocycles. The molecule has 0 saturated carbocycles. The summed E-state index contributed by atoms with van der Waals surface area (Å²) in [6.45, 7) is 1.78. The van der Waals surface area contributed by atoms with Crippen molar-refractivity contribution in [2.45, 2.75) is 19.4 Å². The number of hydrogen-bond donors (Lipinski definition) is 2. The van der Waals surface area contributed by atoms with Crippen molar-refractivity contribution < 1.29 is 14.6 Å². The van der Waals surface area contributed by atoms with Crippen molar-refractivity contribution in [3.63, 3.8) is 0 Å². The number of aliphatic hydroxyl groups excluding tert-OH is 1. The first-order chi connectivity index (χ1) is 9.79. The van der Waals surface area contributed by atoms with Crippen molar-refractivity contribution in [3.8, 4) is 11.8 Å². The third-order valence-electron chi connectivity index (χ3n) is 3.16. The molecule has 1 aliphatic heterocycles. The highest BCUT2D eigenvalue weighted by molar-refractivity contribution is 5.78. The number of amides is 1. The van der Waals surface area contributed by atoms with Crippen LogP contribution in [0.3, 0.4) is 0 Å². The molecule has 1 aromatic rings. The van der Waals surface area contributed by atoms with Gasteiger partial charge >= 0.3 is 0 Å². The number of aliphatic hydroxyl groups is 1. The second kappa shape index (κ2) is 7.68. The largest absolute Gasteiger partial charge is 0.395 e. The molecule has 1 fully saturated rings. The van der Waals surface area contributed by atoms with E-state index in [-0.39, 0.29) is 18.4 Å². The van der Waals surface area contributed by atoms with Gasteiger partial charge in [-0.2, -0.15) is 0 Å². The lowest BCUT2D eigenvalue weighted by Crippen LogP contribution is -2.30. The van der Waals surface area contributed by atoms with E-state index in [4.69, 9.17) is 9.84 Å². The molecular weight excluding hydrogens is 254 g/mol. The standard InChI is InChI=1S/C16H19NO3/c18-8-2-1-4-13-5-3-6-14(10-13)11-17-16(19)15-7-9-20-12-15/h3,5-6,10,15,18H,2,7-9,11-12H2,(H,17,19). The van der Waals surface area contributed by atoms with Crippen LogP contribution in [0.15, 0.2) is 24.3 Å². The number of carbonyl (C=O) groups excluding carboxylic acids is 1. The summed E-state index contributed by atoms with van der Waals surface area (Å²) in [6.07, 6.45) is 1.28. The Morgan fingerprint density at radius 2 is 2.40 bits per heavy atom. The topological polar surface area (TPSA) is 58.6 Å². The molecule has 0 radical (unpaired) electrons. The van der Waals surface area contributed by atoms with Crippen molar-refractivity contribution in [1.82, 2.24) is 5.32 Å². The summed E-state index contributed by atoms with van der Waals surface area (Å²) in [5.41, 5.74) is 1.92. The second-order valence-corrected chi connectivity index (χ2v) is 4.75. The molecule has 0 spiro atoms. The highest BCUT2D eigenvalue weighted by atomic mass is 16.5. The van der Waals surface area contributed by atoms with Gasteiger partial charge in [-0.15, -0.1) is 0 Å². The Kier molecular flexibility index (Phi) is 5.60. The van der Waals surface area contributed by atoms with Gasteiger partial charge in [-0.3, -0.25) is 4.79 Å². The van der Waals surface area contributed by atoms with Crippen molar-refractivity contribution in [2.75, 3.05) is 19.8 Å². The van der Waals surface area contributed by atoms with Gasteiger partial charge < -0.3 is 15.2 Å². The molecule has 2 rings (SSSR count). The lowest BCUT2D eigenvalue weighted by atomic mass is 10.1. The maximum atomic E-state index is 11.9. The van der Waals surface area contributed by atoms with Crippen LogP contribution in [0.5, 0.6) is 0 Å². The van der Waals surface area contributed by atoms with E-state index in [1.165, 1.54) is 0 Å². The minimum Gasteiger partial charge on any atom is -0.395 e. The van der Waals surface area contributed by atoms with Crippen LogP contribution in [0.2, 0.25) is 0 Å². The summed E-state index contributed by atoms with van der Waals surface area (Å²) in [5.74, 6) is 5.91. The minimum atomic E-state index is -0.0115. The minimum absolute atomic E-state index is 0.0115. The fraction of sp³-hybridized carbons (Fsp3) is 0.438. The quantitative estimate of drug-likeness (QED) is 0.807. The van der Waals surface area contributed by atoms with Crippen LogP contribution in [0, 0.1) is 17.8 Å². The molecule has 1 saturated heterocycles. The molecule has 1 atom stereocenters. The van der Waals surface area contributed by atoms with Gasteiger partial charge in [-0.1, -0.05) is 24.0 Å². The van der Waals surface area contributed by atoms with Gasteiger partial charge in [-0.05, 0) is 24.1 Å². The van der Waals surface area contributed by atoms with Crippen LogP contribution in [-0.2, 0) is 16.1 Å². The van der Waals surface area contributed by atoms with Crippen LogP contribution >= 0.6 is 0 Å². The monoisotopic (exact) mass is 273 g/mol. The zero-order chi connectivity index (χ0) is 14.2. The number of carbonyl (C=O) groups is 1. The van der Waals surface area contributed by atoms with Crippen LogP contribution in [0.1, 0.15) is 24.0 Å². The molecule has 4 nitrogen and oxygen atoms in total. The number of benzene rings is 1. The first-order valence-electron chi connectivity index (χ1n) is 6.83. The molecule has 1 aromatic carbocycles. The van der Waals surface area contributed by atoms with Crippen molar-refractivity contribution in [3.05, 3.63) is 35.4 Å². The molecule has 1 amide bonds. The van der Waals surface area contributed by atoms with E-state index < -0.39 is 0 Å². The third-order valence-corrected chi connectivity index (χ3v) is 3.16. The number of hydrogen-bond acceptors (Lipinski definition) is 3. The van der Waals surface area contributed by atoms with Gasteiger partial charge in [0.15, 0.2) is 0 Å². The lowest BCUT2D eigenvalue weighted by molar-refractivity contribution is -0.125. The summed E-state index contributed by atoms with van der Waals surface area (Å²) in [5, 5.41) is 11.6. The number of rotatable bonds is 4. The van der Waals surface area contributed by atoms with Crippen LogP contribution < -0.4 is 5.32 Å². The van der Waals surface area contributed by atoms with E-state index >= 15 is 0 Å². The molecule has 20 heavy (non-hydrogen) atoms. The van der Waals surface area contributed by atoms with Crippen LogP contribution in [0.4, 0.5) is 0 Å². The Morgan fingerprint density at radius 3 is 3.15 bits per heavy atom. The van der Waals surface area contributed by atoms with Crippen molar-refractivity contribution >= 4 is 5.91 Å². The Balaban J connectivity index is 1.88. The van der Waals surface area contributed by atoms with E-state index in [2.05, 4.69) is 17.2 Å². The van der Waals surface area contributed by atoms with Gasteiger partial charge in [0.1, 0.15) is 0 Å². The van der Waals surface area contributed by atoms with E-state index in [9.17, 15) is 4.79 Å². The first kappa shape index (κ1) is 14.6. The smallest absolute Gasteiger partial charge is 0.225 e. The maximum absolute atomic E-state index is 11.9. The third kappa shape index (κ3) is 4.37. The fourth-order valence-corrected chi connectivity index (χ4v) is 2.05. The number of nitrogens with one attached hydrogen (secondary N) is 1. The highest BCUT2D eigenvalue weighted by Gasteiger charge is 2.22. The summed E-state index contributed by atoms with van der Waals surface area (Å²) in [4.78, 5) is 11.9. The summed E-state index contributed by atoms with van der Waals surface area (Å²) >= 11 is 0. The Bertz CT molecular complexity index is 510. The number of ether oxygens (including phenoxy) is 1. The summed E-state index contributed by atoms with van der Waals surface area (Å²) in [6, 6.07) is 7.75. The fourth-order valence-electron chi connectivity index (χ4n) is 2.05. The normalized spacial score (nSPS) is 17.4. The highest BCUT2D eigenvalue weighted by Crippen LogP contribution is 2.12. The molecule has 1 heterocycles. The Hall–Kier alpha value is -1.83. The van der Waals surface area contributed by atoms with Crippen LogP contribution in [-0.4, -0.2) is 30.8 Å². The van der Waals surface area contributed by atoms with E-state index in [0.29, 0.717) is 26.2 Å². The van der Waals surface area contributed by atoms with E-state index in [1.807, 2.05) is 24.3 Å². The molecule has 1 unspecified atom stereocenters. The molecule has 0 aromatic heterocycles. The first-order valence-corrected chi connectivity index (χ1v) is 6.83. The van der Waals surface area contributed by atoms with Gasteiger partial charge in [0.05, 0.1) is 19.1 Å². The molecular formula is C16H19NO3. The van der Waals surface area contributed by atoms with Gasteiger partial charge in [0.2, 0.25) is 5.91 Å². The Morgan fingerprint density at radius 1 is 1.50 bits per heavy atom. The lowest BCUT2D eigenvalue weighted by Gasteiger charge is -2.09. The molecule has 2 N–H and O–H groups in total. The zero-order valence-electron chi connectivity index (χ0n) is 11.4. The van der Waals surface area contributed by atoms with E-state index in [1.54, 1.807) is 0 Å². The zero-order valence-corrected chi connectivity index (χ0v) is 11.4. The average molecular weight is 273 g/mol. The Labute approximate surface area is 119 Å². The molecule has 106 valence electrons. The second-order valence-electron chi connectivity index (χ2n) is 4.75. The SMILES string of the molecule is O=C(NCc1cccc(C#CCCO)c1)C1CCOC1. The summed E-state index contributed by atoms with van der Waals surface area (Å²) in [7, 11) is 0. The van der Waals surface area contributed by atoms with Crippen molar-refractivity contribution in [2.24, 2.45) is 5.92 Å². The predicted molar refractivity (Wildman–Crippen MR) is 75.8 cm³/mol. The molecule has 1 aliphatic rings. The maximum Gasteiger partial charge on any atom is 0.225 e. The predicted octanol–water partition coefficient (Wildman–Crippen LogP) is 1.07.